The zero-order valence-electron chi connectivity index (χ0n) is 19.2. The molecule has 172 valence electrons. The predicted molar refractivity (Wildman–Crippen MR) is 131 cm³/mol. The van der Waals surface area contributed by atoms with Crippen LogP contribution in [0.5, 0.6) is 5.75 Å². The van der Waals surface area contributed by atoms with Crippen molar-refractivity contribution in [3.8, 4) is 16.9 Å². The lowest BCUT2D eigenvalue weighted by molar-refractivity contribution is -0.136. The monoisotopic (exact) mass is 446 g/mol. The lowest BCUT2D eigenvalue weighted by Crippen LogP contribution is -2.20. The van der Waals surface area contributed by atoms with Gasteiger partial charge in [0.1, 0.15) is 19.0 Å². The summed E-state index contributed by atoms with van der Waals surface area (Å²) in [6.45, 7) is 2.51. The second-order valence-corrected chi connectivity index (χ2v) is 7.86. The number of nitrogens with zero attached hydrogens (tertiary/aromatic N) is 1. The van der Waals surface area contributed by atoms with Gasteiger partial charge >= 0.3 is 5.97 Å². The van der Waals surface area contributed by atoms with Gasteiger partial charge in [-0.3, -0.25) is 15.1 Å². The van der Waals surface area contributed by atoms with E-state index in [0.717, 1.165) is 28.0 Å². The maximum Gasteiger partial charge on any atom is 0.307 e. The molecule has 0 fully saturated rings. The summed E-state index contributed by atoms with van der Waals surface area (Å²) in [5.41, 5.74) is 8.76. The molecule has 0 aromatic heterocycles. The molecule has 0 saturated heterocycles. The molecule has 0 bridgehead atoms. The van der Waals surface area contributed by atoms with Crippen LogP contribution < -0.4 is 10.2 Å². The molecule has 0 saturated carbocycles. The SMILES string of the molecule is Cc1c(CC(=O)O)cccc1OCCONC(=CN(C)C)c1ccc(-c2ccccc2)cc1. The third-order valence-electron chi connectivity index (χ3n) is 5.05. The second kappa shape index (κ2) is 11.7. The summed E-state index contributed by atoms with van der Waals surface area (Å²) in [5.74, 6) is -0.197. The molecule has 0 unspecified atom stereocenters. The lowest BCUT2D eigenvalue weighted by atomic mass is 10.0. The number of carboxylic acids is 1. The van der Waals surface area contributed by atoms with Crippen molar-refractivity contribution in [2.45, 2.75) is 13.3 Å². The van der Waals surface area contributed by atoms with Gasteiger partial charge in [0, 0.05) is 25.9 Å². The highest BCUT2D eigenvalue weighted by molar-refractivity contribution is 5.71. The van der Waals surface area contributed by atoms with Crippen LogP contribution in [0, 0.1) is 6.92 Å². The molecule has 0 aliphatic heterocycles. The van der Waals surface area contributed by atoms with Crippen LogP contribution in [0.3, 0.4) is 0 Å². The third-order valence-corrected chi connectivity index (χ3v) is 5.05. The molecule has 0 heterocycles. The van der Waals surface area contributed by atoms with E-state index in [-0.39, 0.29) is 6.42 Å². The summed E-state index contributed by atoms with van der Waals surface area (Å²) in [5, 5.41) is 9.03. The van der Waals surface area contributed by atoms with E-state index in [4.69, 9.17) is 14.7 Å². The molecule has 3 aromatic carbocycles. The number of ether oxygens (including phenoxy) is 1. The molecular weight excluding hydrogens is 416 g/mol. The van der Waals surface area contributed by atoms with Crippen molar-refractivity contribution in [1.29, 1.82) is 0 Å². The fraction of sp³-hybridized carbons (Fsp3) is 0.222. The van der Waals surface area contributed by atoms with Crippen molar-refractivity contribution >= 4 is 11.7 Å². The van der Waals surface area contributed by atoms with E-state index in [1.54, 1.807) is 12.1 Å². The number of nitrogens with one attached hydrogen (secondary N) is 1. The van der Waals surface area contributed by atoms with Crippen molar-refractivity contribution in [2.75, 3.05) is 27.3 Å². The quantitative estimate of drug-likeness (QED) is 0.327. The minimum atomic E-state index is -0.861. The van der Waals surface area contributed by atoms with Crippen LogP contribution >= 0.6 is 0 Å². The Morgan fingerprint density at radius 3 is 2.30 bits per heavy atom. The van der Waals surface area contributed by atoms with Crippen molar-refractivity contribution in [2.24, 2.45) is 0 Å². The highest BCUT2D eigenvalue weighted by Crippen LogP contribution is 2.23. The minimum absolute atomic E-state index is 0.0250. The summed E-state index contributed by atoms with van der Waals surface area (Å²) in [6, 6.07) is 24.0. The van der Waals surface area contributed by atoms with Gasteiger partial charge in [-0.25, -0.2) is 0 Å². The summed E-state index contributed by atoms with van der Waals surface area (Å²) in [7, 11) is 3.91. The first kappa shape index (κ1) is 23.9. The Bertz CT molecular complexity index is 1080. The summed E-state index contributed by atoms with van der Waals surface area (Å²) >= 11 is 0. The van der Waals surface area contributed by atoms with Crippen LogP contribution in [-0.4, -0.2) is 43.3 Å². The Hall–Kier alpha value is -3.77. The van der Waals surface area contributed by atoms with Crippen LogP contribution in [0.1, 0.15) is 16.7 Å². The Labute approximate surface area is 195 Å². The first-order chi connectivity index (χ1) is 15.9. The van der Waals surface area contributed by atoms with Crippen LogP contribution in [-0.2, 0) is 16.1 Å². The molecule has 0 aliphatic rings. The van der Waals surface area contributed by atoms with Gasteiger partial charge in [-0.1, -0.05) is 66.7 Å². The van der Waals surface area contributed by atoms with Crippen LogP contribution in [0.15, 0.2) is 79.0 Å². The largest absolute Gasteiger partial charge is 0.491 e. The highest BCUT2D eigenvalue weighted by Gasteiger charge is 2.09. The molecule has 3 rings (SSSR count). The first-order valence-electron chi connectivity index (χ1n) is 10.8. The van der Waals surface area contributed by atoms with Gasteiger partial charge < -0.3 is 14.7 Å². The molecule has 6 heteroatoms. The Balaban J connectivity index is 1.56. The van der Waals surface area contributed by atoms with E-state index >= 15 is 0 Å². The van der Waals surface area contributed by atoms with Crippen LogP contribution in [0.25, 0.3) is 16.8 Å². The van der Waals surface area contributed by atoms with Crippen molar-refractivity contribution in [3.05, 3.63) is 95.7 Å². The topological polar surface area (TPSA) is 71.0 Å². The standard InChI is InChI=1S/C27H30N2O4/c1-20-24(18-27(30)31)10-7-11-26(20)32-16-17-33-28-25(19-29(2)3)23-14-12-22(13-15-23)21-8-5-4-6-9-21/h4-15,19,28H,16-18H2,1-3H3,(H,30,31). The van der Waals surface area contributed by atoms with E-state index in [2.05, 4.69) is 41.9 Å². The maximum atomic E-state index is 11.0. The van der Waals surface area contributed by atoms with E-state index in [1.807, 2.05) is 56.4 Å². The summed E-state index contributed by atoms with van der Waals surface area (Å²) in [4.78, 5) is 18.6. The fourth-order valence-corrected chi connectivity index (χ4v) is 3.38. The molecular formula is C27H30N2O4. The van der Waals surface area contributed by atoms with Gasteiger partial charge in [0.25, 0.3) is 0 Å². The zero-order valence-corrected chi connectivity index (χ0v) is 19.2. The van der Waals surface area contributed by atoms with Crippen LogP contribution in [0.2, 0.25) is 0 Å². The van der Waals surface area contributed by atoms with Gasteiger partial charge in [0.05, 0.1) is 12.1 Å². The van der Waals surface area contributed by atoms with Crippen LogP contribution in [0.4, 0.5) is 0 Å². The number of carbonyl (C=O) groups is 1. The van der Waals surface area contributed by atoms with Crippen molar-refractivity contribution < 1.29 is 19.5 Å². The van der Waals surface area contributed by atoms with Gasteiger partial charge in [-0.15, -0.1) is 0 Å². The number of benzene rings is 3. The van der Waals surface area contributed by atoms with E-state index in [0.29, 0.717) is 19.0 Å². The molecule has 0 aliphatic carbocycles. The number of hydrogen-bond acceptors (Lipinski definition) is 5. The number of carboxylic acid groups (broad SMARTS) is 1. The molecule has 6 nitrogen and oxygen atoms in total. The second-order valence-electron chi connectivity index (χ2n) is 7.86. The molecule has 2 N–H and O–H groups in total. The highest BCUT2D eigenvalue weighted by atomic mass is 16.7. The third kappa shape index (κ3) is 7.12. The van der Waals surface area contributed by atoms with E-state index in [9.17, 15) is 4.79 Å². The minimum Gasteiger partial charge on any atom is -0.491 e. The Morgan fingerprint density at radius 1 is 0.939 bits per heavy atom. The Kier molecular flexibility index (Phi) is 8.49. The zero-order chi connectivity index (χ0) is 23.6. The van der Waals surface area contributed by atoms with Crippen molar-refractivity contribution in [1.82, 2.24) is 10.4 Å². The van der Waals surface area contributed by atoms with Gasteiger partial charge in [-0.05, 0) is 35.2 Å². The number of hydrogen-bond donors (Lipinski definition) is 2. The molecule has 33 heavy (non-hydrogen) atoms. The average Bonchev–Trinajstić information content (AvgIpc) is 2.80. The Morgan fingerprint density at radius 2 is 1.64 bits per heavy atom. The number of aliphatic carboxylic acids is 1. The number of rotatable bonds is 11. The normalized spacial score (nSPS) is 11.2. The summed E-state index contributed by atoms with van der Waals surface area (Å²) < 4.78 is 5.80. The smallest absolute Gasteiger partial charge is 0.307 e. The lowest BCUT2D eigenvalue weighted by Gasteiger charge is -2.16. The maximum absolute atomic E-state index is 11.0. The number of hydroxylamine groups is 1. The van der Waals surface area contributed by atoms with E-state index < -0.39 is 5.97 Å². The molecule has 0 spiro atoms. The van der Waals surface area contributed by atoms with Crippen molar-refractivity contribution in [3.63, 3.8) is 0 Å². The molecule has 3 aromatic rings. The average molecular weight is 447 g/mol. The van der Waals surface area contributed by atoms with Gasteiger partial charge in [0.15, 0.2) is 0 Å². The first-order valence-corrected chi connectivity index (χ1v) is 10.8. The van der Waals surface area contributed by atoms with Gasteiger partial charge in [0.2, 0.25) is 0 Å². The van der Waals surface area contributed by atoms with E-state index in [1.165, 1.54) is 5.56 Å². The summed E-state index contributed by atoms with van der Waals surface area (Å²) in [6.07, 6.45) is 1.93. The fourth-order valence-electron chi connectivity index (χ4n) is 3.38. The molecule has 0 radical (unpaired) electrons. The predicted octanol–water partition coefficient (Wildman–Crippen LogP) is 4.75. The molecule has 0 amide bonds. The molecule has 0 atom stereocenters. The van der Waals surface area contributed by atoms with Gasteiger partial charge in [-0.2, -0.15) is 0 Å².